The zero-order valence-corrected chi connectivity index (χ0v) is 19.3. The molecule has 1 aliphatic heterocycles. The highest BCUT2D eigenvalue weighted by Crippen LogP contribution is 2.29. The molecule has 2 amide bonds. The number of imidazole rings is 1. The van der Waals surface area contributed by atoms with E-state index in [1.807, 2.05) is 11.9 Å². The molecule has 0 radical (unpaired) electrons. The van der Waals surface area contributed by atoms with E-state index in [1.165, 1.54) is 6.07 Å². The Balaban J connectivity index is 2.03. The number of nitrogens with one attached hydrogen (secondary N) is 2. The number of amides is 2. The Labute approximate surface area is 191 Å². The Hall–Kier alpha value is -2.88. The minimum atomic E-state index is -0.941. The fourth-order valence-corrected chi connectivity index (χ4v) is 3.93. The van der Waals surface area contributed by atoms with Crippen LogP contribution < -0.4 is 10.6 Å². The SMILES string of the molecule is CN1CCCn2c(-c3ccc(F)cc3F)nc(C(=O)NC(C(=O)NCCF)C(C)(C)C)c2C1. The zero-order valence-electron chi connectivity index (χ0n) is 19.3. The maximum Gasteiger partial charge on any atom is 0.272 e. The molecule has 0 bridgehead atoms. The molecule has 2 aromatic rings. The highest BCUT2D eigenvalue weighted by Gasteiger charge is 2.35. The Kier molecular flexibility index (Phi) is 7.46. The van der Waals surface area contributed by atoms with E-state index in [1.54, 1.807) is 25.3 Å². The van der Waals surface area contributed by atoms with E-state index >= 15 is 0 Å². The lowest BCUT2D eigenvalue weighted by Gasteiger charge is -2.30. The van der Waals surface area contributed by atoms with Crippen molar-refractivity contribution >= 4 is 11.8 Å². The standard InChI is InChI=1S/C23H30F3N5O2/c1-23(2,3)19(22(33)27-9-8-24)29-21(32)18-17-13-30(4)10-5-11-31(17)20(28-18)15-7-6-14(25)12-16(15)26/h6-7,12,19H,5,8-11,13H2,1-4H3,(H,27,33)(H,29,32). The third kappa shape index (κ3) is 5.55. The Morgan fingerprint density at radius 2 is 1.94 bits per heavy atom. The predicted octanol–water partition coefficient (Wildman–Crippen LogP) is 2.89. The first-order valence-electron chi connectivity index (χ1n) is 10.9. The maximum absolute atomic E-state index is 14.6. The predicted molar refractivity (Wildman–Crippen MR) is 118 cm³/mol. The van der Waals surface area contributed by atoms with Gasteiger partial charge in [0.25, 0.3) is 5.91 Å². The fraction of sp³-hybridized carbons (Fsp3) is 0.522. The number of nitrogens with zero attached hydrogens (tertiary/aromatic N) is 3. The van der Waals surface area contributed by atoms with E-state index in [2.05, 4.69) is 15.6 Å². The summed E-state index contributed by atoms with van der Waals surface area (Å²) in [6.45, 7) is 6.15. The largest absolute Gasteiger partial charge is 0.352 e. The first-order valence-corrected chi connectivity index (χ1v) is 10.9. The molecule has 33 heavy (non-hydrogen) atoms. The van der Waals surface area contributed by atoms with Gasteiger partial charge in [-0.3, -0.25) is 9.59 Å². The van der Waals surface area contributed by atoms with Crippen LogP contribution in [-0.4, -0.2) is 59.1 Å². The summed E-state index contributed by atoms with van der Waals surface area (Å²) in [5.41, 5.74) is 0.0995. The van der Waals surface area contributed by atoms with Crippen LogP contribution in [0.2, 0.25) is 0 Å². The second-order valence-corrected chi connectivity index (χ2v) is 9.35. The van der Waals surface area contributed by atoms with Crippen LogP contribution in [0.1, 0.15) is 43.4 Å². The minimum Gasteiger partial charge on any atom is -0.352 e. The van der Waals surface area contributed by atoms with Gasteiger partial charge in [0, 0.05) is 25.7 Å². The summed E-state index contributed by atoms with van der Waals surface area (Å²) in [5.74, 6) is -2.33. The summed E-state index contributed by atoms with van der Waals surface area (Å²) >= 11 is 0. The van der Waals surface area contributed by atoms with Crippen LogP contribution in [0.25, 0.3) is 11.4 Å². The van der Waals surface area contributed by atoms with Crippen molar-refractivity contribution in [3.05, 3.63) is 41.2 Å². The molecular formula is C23H30F3N5O2. The number of carbonyl (C=O) groups is 2. The highest BCUT2D eigenvalue weighted by molar-refractivity contribution is 5.98. The van der Waals surface area contributed by atoms with E-state index in [4.69, 9.17) is 0 Å². The topological polar surface area (TPSA) is 79.3 Å². The van der Waals surface area contributed by atoms with Gasteiger partial charge < -0.3 is 20.1 Å². The number of alkyl halides is 1. The summed E-state index contributed by atoms with van der Waals surface area (Å²) < 4.78 is 42.4. The van der Waals surface area contributed by atoms with Gasteiger partial charge in [-0.2, -0.15) is 0 Å². The van der Waals surface area contributed by atoms with Crippen LogP contribution in [0.5, 0.6) is 0 Å². The smallest absolute Gasteiger partial charge is 0.272 e. The fourth-order valence-electron chi connectivity index (χ4n) is 3.93. The second-order valence-electron chi connectivity index (χ2n) is 9.35. The number of rotatable bonds is 6. The van der Waals surface area contributed by atoms with Crippen LogP contribution in [0.3, 0.4) is 0 Å². The van der Waals surface area contributed by atoms with Crippen LogP contribution in [0.4, 0.5) is 13.2 Å². The number of fused-ring (bicyclic) bond motifs is 1. The molecule has 3 rings (SSSR count). The van der Waals surface area contributed by atoms with Crippen molar-refractivity contribution in [3.63, 3.8) is 0 Å². The second kappa shape index (κ2) is 9.94. The van der Waals surface area contributed by atoms with Crippen molar-refractivity contribution in [2.24, 2.45) is 5.41 Å². The first kappa shape index (κ1) is 24.8. The molecule has 0 fully saturated rings. The van der Waals surface area contributed by atoms with Crippen molar-refractivity contribution < 1.29 is 22.8 Å². The number of halogens is 3. The monoisotopic (exact) mass is 465 g/mol. The van der Waals surface area contributed by atoms with E-state index in [0.717, 1.165) is 25.1 Å². The summed E-state index contributed by atoms with van der Waals surface area (Å²) in [7, 11) is 1.91. The number of carbonyl (C=O) groups excluding carboxylic acids is 2. The number of aromatic nitrogens is 2. The number of hydrogen-bond donors (Lipinski definition) is 2. The minimum absolute atomic E-state index is 0.0787. The van der Waals surface area contributed by atoms with Crippen LogP contribution in [0, 0.1) is 17.0 Å². The van der Waals surface area contributed by atoms with Crippen LogP contribution in [-0.2, 0) is 17.9 Å². The Bertz CT molecular complexity index is 1030. The van der Waals surface area contributed by atoms with Gasteiger partial charge in [-0.1, -0.05) is 20.8 Å². The van der Waals surface area contributed by atoms with Gasteiger partial charge in [0.2, 0.25) is 5.91 Å². The van der Waals surface area contributed by atoms with Gasteiger partial charge in [-0.15, -0.1) is 0 Å². The van der Waals surface area contributed by atoms with Gasteiger partial charge in [-0.05, 0) is 37.6 Å². The molecule has 7 nitrogen and oxygen atoms in total. The molecule has 1 aliphatic rings. The Morgan fingerprint density at radius 1 is 1.21 bits per heavy atom. The van der Waals surface area contributed by atoms with Gasteiger partial charge in [0.05, 0.1) is 11.3 Å². The number of benzene rings is 1. The van der Waals surface area contributed by atoms with E-state index in [-0.39, 0.29) is 23.6 Å². The molecule has 1 aromatic heterocycles. The molecule has 1 atom stereocenters. The molecule has 0 aliphatic carbocycles. The van der Waals surface area contributed by atoms with Gasteiger partial charge >= 0.3 is 0 Å². The third-order valence-electron chi connectivity index (χ3n) is 5.60. The van der Waals surface area contributed by atoms with Crippen molar-refractivity contribution in [1.82, 2.24) is 25.1 Å². The van der Waals surface area contributed by atoms with E-state index in [9.17, 15) is 22.8 Å². The van der Waals surface area contributed by atoms with Crippen LogP contribution in [0.15, 0.2) is 18.2 Å². The third-order valence-corrected chi connectivity index (χ3v) is 5.60. The average Bonchev–Trinajstić information content (AvgIpc) is 2.95. The molecule has 2 heterocycles. The molecule has 2 N–H and O–H groups in total. The molecule has 1 unspecified atom stereocenters. The van der Waals surface area contributed by atoms with Crippen LogP contribution >= 0.6 is 0 Å². The summed E-state index contributed by atoms with van der Waals surface area (Å²) in [5, 5.41) is 5.21. The van der Waals surface area contributed by atoms with Crippen molar-refractivity contribution in [2.45, 2.75) is 46.3 Å². The Morgan fingerprint density at radius 3 is 2.58 bits per heavy atom. The average molecular weight is 466 g/mol. The molecule has 0 saturated heterocycles. The van der Waals surface area contributed by atoms with Gasteiger partial charge in [0.1, 0.15) is 30.2 Å². The van der Waals surface area contributed by atoms with Gasteiger partial charge in [0.15, 0.2) is 5.69 Å². The lowest BCUT2D eigenvalue weighted by molar-refractivity contribution is -0.125. The summed E-state index contributed by atoms with van der Waals surface area (Å²) in [6.07, 6.45) is 0.757. The van der Waals surface area contributed by atoms with Crippen molar-refractivity contribution in [2.75, 3.05) is 26.8 Å². The molecule has 180 valence electrons. The molecule has 0 saturated carbocycles. The summed E-state index contributed by atoms with van der Waals surface area (Å²) in [4.78, 5) is 32.4. The molecule has 10 heteroatoms. The normalized spacial score (nSPS) is 15.5. The van der Waals surface area contributed by atoms with Crippen molar-refractivity contribution in [3.8, 4) is 11.4 Å². The van der Waals surface area contributed by atoms with E-state index < -0.39 is 41.6 Å². The molecular weight excluding hydrogens is 435 g/mol. The lowest BCUT2D eigenvalue weighted by atomic mass is 9.86. The highest BCUT2D eigenvalue weighted by atomic mass is 19.1. The number of hydrogen-bond acceptors (Lipinski definition) is 4. The first-order chi connectivity index (χ1) is 15.5. The quantitative estimate of drug-likeness (QED) is 0.688. The summed E-state index contributed by atoms with van der Waals surface area (Å²) in [6, 6.07) is 2.29. The maximum atomic E-state index is 14.6. The molecule has 1 aromatic carbocycles. The van der Waals surface area contributed by atoms with E-state index in [0.29, 0.717) is 18.8 Å². The van der Waals surface area contributed by atoms with Crippen molar-refractivity contribution in [1.29, 1.82) is 0 Å². The van der Waals surface area contributed by atoms with Gasteiger partial charge in [-0.25, -0.2) is 18.2 Å². The molecule has 0 spiro atoms. The zero-order chi connectivity index (χ0) is 24.3. The lowest BCUT2D eigenvalue weighted by Crippen LogP contribution is -2.54.